The van der Waals surface area contributed by atoms with Gasteiger partial charge in [0, 0.05) is 6.42 Å². The van der Waals surface area contributed by atoms with E-state index < -0.39 is 34.2 Å². The molecular formula is C6H8F9IS. The highest BCUT2D eigenvalue weighted by atomic mass is 127. The molecule has 0 aliphatic carbocycles. The molecule has 0 aliphatic heterocycles. The van der Waals surface area contributed by atoms with E-state index in [9.17, 15) is 37.0 Å². The second-order valence-electron chi connectivity index (χ2n) is 3.34. The van der Waals surface area contributed by atoms with Crippen LogP contribution in [0, 0.1) is 0 Å². The molecule has 17 heavy (non-hydrogen) atoms. The predicted molar refractivity (Wildman–Crippen MR) is 55.8 cm³/mol. The molecular weight excluding hydrogens is 402 g/mol. The SMILES string of the molecule is FC(F)(CCCCI)C(F)(F)S(F)(F)(F)(F)F. The molecule has 0 spiro atoms. The third-order valence-electron chi connectivity index (χ3n) is 1.78. The standard InChI is InChI=1S/C6H8F9IS/c7-5(8,3-1-2-4-16)6(9,10)17(11,12,13,14)15/h1-4H2. The zero-order chi connectivity index (χ0) is 14.2. The van der Waals surface area contributed by atoms with Crippen LogP contribution in [0.4, 0.5) is 37.0 Å². The van der Waals surface area contributed by atoms with Crippen LogP contribution in [-0.2, 0) is 0 Å². The second-order valence-corrected chi connectivity index (χ2v) is 6.87. The Kier molecular flexibility index (Phi) is 4.08. The topological polar surface area (TPSA) is 0 Å². The summed E-state index contributed by atoms with van der Waals surface area (Å²) in [5, 5.41) is -7.29. The van der Waals surface area contributed by atoms with Crippen molar-refractivity contribution >= 4 is 32.8 Å². The molecule has 0 bridgehead atoms. The lowest BCUT2D eigenvalue weighted by Gasteiger charge is -2.48. The molecule has 0 saturated heterocycles. The molecule has 0 N–H and O–H groups in total. The molecule has 11 heteroatoms. The fourth-order valence-electron chi connectivity index (χ4n) is 0.869. The Balaban J connectivity index is 5.19. The average molecular weight is 410 g/mol. The lowest BCUT2D eigenvalue weighted by molar-refractivity contribution is -0.178. The van der Waals surface area contributed by atoms with Crippen molar-refractivity contribution in [2.24, 2.45) is 0 Å². The Morgan fingerprint density at radius 1 is 0.824 bits per heavy atom. The molecule has 0 fully saturated rings. The van der Waals surface area contributed by atoms with Crippen molar-refractivity contribution in [3.63, 3.8) is 0 Å². The van der Waals surface area contributed by atoms with Crippen molar-refractivity contribution in [3.05, 3.63) is 0 Å². The Bertz CT molecular complexity index is 280. The van der Waals surface area contributed by atoms with Gasteiger partial charge in [0.1, 0.15) is 0 Å². The molecule has 0 rings (SSSR count). The van der Waals surface area contributed by atoms with Crippen molar-refractivity contribution in [1.82, 2.24) is 0 Å². The van der Waals surface area contributed by atoms with Gasteiger partial charge in [0.2, 0.25) is 0 Å². The van der Waals surface area contributed by atoms with Crippen molar-refractivity contribution < 1.29 is 37.0 Å². The monoisotopic (exact) mass is 410 g/mol. The van der Waals surface area contributed by atoms with Gasteiger partial charge in [-0.25, -0.2) is 0 Å². The molecule has 108 valence electrons. The molecule has 0 amide bonds. The van der Waals surface area contributed by atoms with E-state index in [1.165, 1.54) is 0 Å². The minimum Gasteiger partial charge on any atom is -0.198 e. The van der Waals surface area contributed by atoms with Crippen LogP contribution >= 0.6 is 32.8 Å². The molecule has 0 aromatic carbocycles. The summed E-state index contributed by atoms with van der Waals surface area (Å²) in [6.07, 6.45) is -2.69. The van der Waals surface area contributed by atoms with Crippen molar-refractivity contribution in [1.29, 1.82) is 0 Å². The fraction of sp³-hybridized carbons (Fsp3) is 1.00. The third-order valence-corrected chi connectivity index (χ3v) is 3.82. The number of alkyl halides is 5. The van der Waals surface area contributed by atoms with Gasteiger partial charge in [0.15, 0.2) is 0 Å². The lowest BCUT2D eigenvalue weighted by Crippen LogP contribution is -2.48. The van der Waals surface area contributed by atoms with Crippen molar-refractivity contribution in [2.75, 3.05) is 4.43 Å². The van der Waals surface area contributed by atoms with Gasteiger partial charge < -0.3 is 0 Å². The molecule has 0 heterocycles. The minimum absolute atomic E-state index is 0.0629. The Morgan fingerprint density at radius 2 is 1.24 bits per heavy atom. The van der Waals surface area contributed by atoms with E-state index in [-0.39, 0.29) is 10.8 Å². The Morgan fingerprint density at radius 3 is 1.53 bits per heavy atom. The highest BCUT2D eigenvalue weighted by Gasteiger charge is 2.90. The predicted octanol–water partition coefficient (Wildman–Crippen LogP) is 6.12. The van der Waals surface area contributed by atoms with E-state index in [2.05, 4.69) is 0 Å². The number of hydrogen-bond donors (Lipinski definition) is 0. The highest BCUT2D eigenvalue weighted by molar-refractivity contribution is 14.1. The van der Waals surface area contributed by atoms with Crippen LogP contribution < -0.4 is 0 Å². The summed E-state index contributed by atoms with van der Waals surface area (Å²) in [5.41, 5.74) is 0. The van der Waals surface area contributed by atoms with E-state index in [0.717, 1.165) is 0 Å². The molecule has 0 saturated carbocycles. The first-order valence-corrected chi connectivity index (χ1v) is 7.58. The van der Waals surface area contributed by atoms with E-state index in [1.54, 1.807) is 22.6 Å². The molecule has 0 radical (unpaired) electrons. The quantitative estimate of drug-likeness (QED) is 0.214. The van der Waals surface area contributed by atoms with Crippen LogP contribution in [0.25, 0.3) is 0 Å². The minimum atomic E-state index is -11.6. The van der Waals surface area contributed by atoms with E-state index in [1.807, 2.05) is 0 Å². The Labute approximate surface area is 105 Å². The van der Waals surface area contributed by atoms with Crippen molar-refractivity contribution in [2.45, 2.75) is 30.4 Å². The first kappa shape index (κ1) is 17.4. The summed E-state index contributed by atoms with van der Waals surface area (Å²) >= 11 is 1.69. The summed E-state index contributed by atoms with van der Waals surface area (Å²) < 4.78 is 109. The van der Waals surface area contributed by atoms with Gasteiger partial charge >= 0.3 is 21.4 Å². The smallest absolute Gasteiger partial charge is 0.198 e. The van der Waals surface area contributed by atoms with Crippen LogP contribution in [0.15, 0.2) is 0 Å². The van der Waals surface area contributed by atoms with Crippen LogP contribution in [0.3, 0.4) is 0 Å². The summed E-state index contributed by atoms with van der Waals surface area (Å²) in [6, 6.07) is 0. The van der Waals surface area contributed by atoms with Crippen molar-refractivity contribution in [3.8, 4) is 0 Å². The third kappa shape index (κ3) is 3.70. The first-order chi connectivity index (χ1) is 7.06. The van der Waals surface area contributed by atoms with E-state index >= 15 is 0 Å². The zero-order valence-electron chi connectivity index (χ0n) is 8.02. The van der Waals surface area contributed by atoms with Gasteiger partial charge in [0.05, 0.1) is 0 Å². The maximum absolute atomic E-state index is 12.6. The lowest BCUT2D eigenvalue weighted by atomic mass is 10.1. The van der Waals surface area contributed by atoms with E-state index in [0.29, 0.717) is 0 Å². The van der Waals surface area contributed by atoms with Crippen LogP contribution in [-0.4, -0.2) is 15.6 Å². The molecule has 0 atom stereocenters. The number of rotatable bonds is 6. The highest BCUT2D eigenvalue weighted by Crippen LogP contribution is 3.05. The van der Waals surface area contributed by atoms with Crippen LogP contribution in [0.2, 0.25) is 0 Å². The van der Waals surface area contributed by atoms with Gasteiger partial charge in [-0.3, -0.25) is 0 Å². The molecule has 0 aliphatic rings. The molecule has 0 aromatic heterocycles. The largest absolute Gasteiger partial charge is 0.443 e. The maximum Gasteiger partial charge on any atom is 0.443 e. The van der Waals surface area contributed by atoms with Crippen LogP contribution in [0.5, 0.6) is 0 Å². The molecule has 0 aromatic rings. The average Bonchev–Trinajstić information content (AvgIpc) is 1.99. The first-order valence-electron chi connectivity index (χ1n) is 4.10. The van der Waals surface area contributed by atoms with Gasteiger partial charge in [-0.05, 0) is 17.3 Å². The normalized spacial score (nSPS) is 18.7. The maximum atomic E-state index is 12.6. The Hall–Kier alpha value is 0.450. The van der Waals surface area contributed by atoms with Crippen LogP contribution in [0.1, 0.15) is 19.3 Å². The molecule has 0 nitrogen and oxygen atoms in total. The summed E-state index contributed by atoms with van der Waals surface area (Å²) in [7, 11) is -11.6. The van der Waals surface area contributed by atoms with Gasteiger partial charge in [0.25, 0.3) is 0 Å². The van der Waals surface area contributed by atoms with Gasteiger partial charge in [-0.2, -0.15) is 17.6 Å². The van der Waals surface area contributed by atoms with Gasteiger partial charge in [-0.1, -0.05) is 42.0 Å². The number of halogens is 10. The zero-order valence-corrected chi connectivity index (χ0v) is 11.0. The number of unbranched alkanes of at least 4 members (excludes halogenated alkanes) is 1. The summed E-state index contributed by atoms with van der Waals surface area (Å²) in [4.78, 5) is 0. The molecule has 0 unspecified atom stereocenters. The number of hydrogen-bond acceptors (Lipinski definition) is 0. The summed E-state index contributed by atoms with van der Waals surface area (Å²) in [5.74, 6) is -5.80. The second kappa shape index (κ2) is 3.97. The summed E-state index contributed by atoms with van der Waals surface area (Å²) in [6.45, 7) is 0. The van der Waals surface area contributed by atoms with E-state index in [4.69, 9.17) is 0 Å². The fourth-order valence-corrected chi connectivity index (χ4v) is 2.08. The van der Waals surface area contributed by atoms with Gasteiger partial charge in [-0.15, -0.1) is 0 Å².